The minimum absolute atomic E-state index is 0.292. The predicted molar refractivity (Wildman–Crippen MR) is 116 cm³/mol. The van der Waals surface area contributed by atoms with E-state index < -0.39 is 17.4 Å². The number of nitrogens with one attached hydrogen (secondary N) is 2. The molecule has 4 rings (SSSR count). The maximum absolute atomic E-state index is 13.0. The van der Waals surface area contributed by atoms with Crippen molar-refractivity contribution in [3.63, 3.8) is 0 Å². The minimum atomic E-state index is -0.497. The number of hydrogen-bond acceptors (Lipinski definition) is 5. The first-order valence-corrected chi connectivity index (χ1v) is 9.66. The van der Waals surface area contributed by atoms with Crippen LogP contribution >= 0.6 is 0 Å². The summed E-state index contributed by atoms with van der Waals surface area (Å²) in [6, 6.07) is 13.0. The lowest BCUT2D eigenvalue weighted by molar-refractivity contribution is -0.117. The van der Waals surface area contributed by atoms with Crippen molar-refractivity contribution in [3.8, 4) is 0 Å². The maximum Gasteiger partial charge on any atom is 0.353 e. The molecule has 8 nitrogen and oxygen atoms in total. The molecule has 9 heteroatoms. The van der Waals surface area contributed by atoms with Crippen molar-refractivity contribution >= 4 is 28.9 Å². The van der Waals surface area contributed by atoms with E-state index in [2.05, 4.69) is 20.7 Å². The second-order valence-corrected chi connectivity index (χ2v) is 7.41. The van der Waals surface area contributed by atoms with Gasteiger partial charge in [-0.15, -0.1) is 5.10 Å². The van der Waals surface area contributed by atoms with E-state index in [9.17, 15) is 14.0 Å². The van der Waals surface area contributed by atoms with Crippen molar-refractivity contribution < 1.29 is 9.18 Å². The molecular formula is C22H21FN6O2. The topological polar surface area (TPSA) is 93.3 Å². The van der Waals surface area contributed by atoms with Crippen LogP contribution in [-0.2, 0) is 11.3 Å². The number of anilines is 3. The van der Waals surface area contributed by atoms with E-state index in [0.29, 0.717) is 23.0 Å². The van der Waals surface area contributed by atoms with E-state index in [0.717, 1.165) is 21.5 Å². The van der Waals surface area contributed by atoms with E-state index in [1.807, 2.05) is 32.0 Å². The number of nitrogens with zero attached hydrogens (tertiary/aromatic N) is 4. The van der Waals surface area contributed by atoms with Crippen LogP contribution in [0.4, 0.5) is 21.7 Å². The largest absolute Gasteiger partial charge is 0.353 e. The van der Waals surface area contributed by atoms with Crippen molar-refractivity contribution in [3.05, 3.63) is 81.7 Å². The third kappa shape index (κ3) is 4.45. The molecule has 4 aromatic rings. The molecule has 2 N–H and O–H groups in total. The average Bonchev–Trinajstić information content (AvgIpc) is 2.98. The highest BCUT2D eigenvalue weighted by Crippen LogP contribution is 2.19. The van der Waals surface area contributed by atoms with Gasteiger partial charge in [0.1, 0.15) is 12.4 Å². The minimum Gasteiger partial charge on any atom is -0.325 e. The van der Waals surface area contributed by atoms with Gasteiger partial charge in [-0.1, -0.05) is 6.07 Å². The highest BCUT2D eigenvalue weighted by Gasteiger charge is 2.16. The number of carbonyl (C=O) groups excluding carboxylic acids is 1. The van der Waals surface area contributed by atoms with Gasteiger partial charge in [0.2, 0.25) is 11.9 Å². The fourth-order valence-electron chi connectivity index (χ4n) is 3.39. The summed E-state index contributed by atoms with van der Waals surface area (Å²) in [5.41, 5.74) is 3.93. The summed E-state index contributed by atoms with van der Waals surface area (Å²) in [6.07, 6.45) is 0. The van der Waals surface area contributed by atoms with Gasteiger partial charge in [-0.2, -0.15) is 0 Å². The highest BCUT2D eigenvalue weighted by atomic mass is 19.1. The summed E-state index contributed by atoms with van der Waals surface area (Å²) in [5, 5.41) is 10.1. The molecular weight excluding hydrogens is 399 g/mol. The van der Waals surface area contributed by atoms with Crippen LogP contribution in [0.15, 0.2) is 53.3 Å². The van der Waals surface area contributed by atoms with Crippen LogP contribution < -0.4 is 16.3 Å². The smallest absolute Gasteiger partial charge is 0.325 e. The molecule has 0 aliphatic heterocycles. The zero-order valence-electron chi connectivity index (χ0n) is 17.3. The van der Waals surface area contributed by atoms with Gasteiger partial charge < -0.3 is 10.6 Å². The molecule has 0 saturated heterocycles. The Morgan fingerprint density at radius 2 is 1.68 bits per heavy atom. The second-order valence-electron chi connectivity index (χ2n) is 7.41. The molecule has 1 amide bonds. The van der Waals surface area contributed by atoms with Crippen LogP contribution in [0.5, 0.6) is 0 Å². The summed E-state index contributed by atoms with van der Waals surface area (Å²) >= 11 is 0. The van der Waals surface area contributed by atoms with Crippen molar-refractivity contribution in [2.75, 3.05) is 10.6 Å². The van der Waals surface area contributed by atoms with Crippen molar-refractivity contribution in [1.29, 1.82) is 0 Å². The van der Waals surface area contributed by atoms with Crippen LogP contribution in [0.25, 0.3) is 5.65 Å². The molecule has 0 unspecified atom stereocenters. The third-order valence-corrected chi connectivity index (χ3v) is 4.60. The van der Waals surface area contributed by atoms with Crippen LogP contribution in [-0.4, -0.2) is 25.1 Å². The van der Waals surface area contributed by atoms with Gasteiger partial charge >= 0.3 is 5.69 Å². The predicted octanol–water partition coefficient (Wildman–Crippen LogP) is 3.34. The van der Waals surface area contributed by atoms with E-state index in [4.69, 9.17) is 0 Å². The fraction of sp³-hybridized carbons (Fsp3) is 0.182. The Hall–Kier alpha value is -4.01. The summed E-state index contributed by atoms with van der Waals surface area (Å²) in [7, 11) is 0. The molecule has 31 heavy (non-hydrogen) atoms. The highest BCUT2D eigenvalue weighted by molar-refractivity contribution is 5.90. The lowest BCUT2D eigenvalue weighted by Crippen LogP contribution is -2.29. The number of hydrogen-bond donors (Lipinski definition) is 2. The molecule has 2 aromatic carbocycles. The Balaban J connectivity index is 1.65. The van der Waals surface area contributed by atoms with Crippen molar-refractivity contribution in [2.45, 2.75) is 27.3 Å². The number of benzene rings is 2. The number of carbonyl (C=O) groups is 1. The van der Waals surface area contributed by atoms with Crippen molar-refractivity contribution in [1.82, 2.24) is 19.2 Å². The fourth-order valence-corrected chi connectivity index (χ4v) is 3.39. The standard InChI is InChI=1S/C22H21FN6O2/c1-13-8-14(2)10-18(9-13)26-21-24-15(3)11-19-27-28(22(31)29(19)21)12-20(30)25-17-6-4-16(23)5-7-17/h4-11H,12H2,1-3H3,(H,24,26)(H,25,30). The van der Waals surface area contributed by atoms with Gasteiger partial charge in [0.15, 0.2) is 5.65 Å². The zero-order chi connectivity index (χ0) is 22.1. The van der Waals surface area contributed by atoms with Crippen LogP contribution in [0.1, 0.15) is 16.8 Å². The number of aromatic nitrogens is 4. The van der Waals surface area contributed by atoms with E-state index in [-0.39, 0.29) is 6.54 Å². The lowest BCUT2D eigenvalue weighted by atomic mass is 10.1. The van der Waals surface area contributed by atoms with Crippen molar-refractivity contribution in [2.24, 2.45) is 0 Å². The molecule has 2 aromatic heterocycles. The summed E-state index contributed by atoms with van der Waals surface area (Å²) < 4.78 is 15.4. The number of halogens is 1. The van der Waals surface area contributed by atoms with Crippen LogP contribution in [0.2, 0.25) is 0 Å². The van der Waals surface area contributed by atoms with Gasteiger partial charge in [-0.05, 0) is 68.3 Å². The Kier molecular flexibility index (Phi) is 5.24. The van der Waals surface area contributed by atoms with Gasteiger partial charge in [0.05, 0.1) is 0 Å². The lowest BCUT2D eigenvalue weighted by Gasteiger charge is -2.09. The monoisotopic (exact) mass is 420 g/mol. The molecule has 158 valence electrons. The molecule has 0 saturated carbocycles. The molecule has 2 heterocycles. The van der Waals surface area contributed by atoms with Crippen LogP contribution in [0.3, 0.4) is 0 Å². The molecule has 0 bridgehead atoms. The summed E-state index contributed by atoms with van der Waals surface area (Å²) in [6.45, 7) is 5.49. The van der Waals surface area contributed by atoms with Gasteiger partial charge in [0, 0.05) is 23.1 Å². The molecule has 0 fully saturated rings. The summed E-state index contributed by atoms with van der Waals surface area (Å²) in [4.78, 5) is 29.8. The normalized spacial score (nSPS) is 11.0. The summed E-state index contributed by atoms with van der Waals surface area (Å²) in [5.74, 6) is -0.540. The van der Waals surface area contributed by atoms with E-state index in [1.54, 1.807) is 13.0 Å². The number of rotatable bonds is 5. The first kappa shape index (κ1) is 20.3. The number of aryl methyl sites for hydroxylation is 3. The maximum atomic E-state index is 13.0. The molecule has 0 atom stereocenters. The van der Waals surface area contributed by atoms with Gasteiger partial charge in [0.25, 0.3) is 0 Å². The molecule has 0 aliphatic rings. The SMILES string of the molecule is Cc1cc(C)cc(Nc2nc(C)cc3nn(CC(=O)Nc4ccc(F)cc4)c(=O)n23)c1. The first-order chi connectivity index (χ1) is 14.8. The Labute approximate surface area is 177 Å². The zero-order valence-corrected chi connectivity index (χ0v) is 17.3. The van der Waals surface area contributed by atoms with Crippen LogP contribution in [0, 0.1) is 26.6 Å². The Morgan fingerprint density at radius 3 is 2.35 bits per heavy atom. The molecule has 0 radical (unpaired) electrons. The quantitative estimate of drug-likeness (QED) is 0.517. The number of fused-ring (bicyclic) bond motifs is 1. The average molecular weight is 420 g/mol. The second kappa shape index (κ2) is 8.02. The third-order valence-electron chi connectivity index (χ3n) is 4.60. The van der Waals surface area contributed by atoms with Gasteiger partial charge in [-0.25, -0.2) is 23.3 Å². The first-order valence-electron chi connectivity index (χ1n) is 9.66. The van der Waals surface area contributed by atoms with E-state index in [1.165, 1.54) is 28.7 Å². The Morgan fingerprint density at radius 1 is 1.00 bits per heavy atom. The van der Waals surface area contributed by atoms with E-state index >= 15 is 0 Å². The number of amides is 1. The molecule has 0 spiro atoms. The molecule has 0 aliphatic carbocycles. The Bertz CT molecular complexity index is 1320. The van der Waals surface area contributed by atoms with Gasteiger partial charge in [-0.3, -0.25) is 4.79 Å².